The van der Waals surface area contributed by atoms with Gasteiger partial charge < -0.3 is 10.1 Å². The van der Waals surface area contributed by atoms with E-state index in [4.69, 9.17) is 4.74 Å². The van der Waals surface area contributed by atoms with Gasteiger partial charge in [0.25, 0.3) is 0 Å². The zero-order valence-corrected chi connectivity index (χ0v) is 12.8. The second kappa shape index (κ2) is 8.92. The molecule has 0 aromatic rings. The third kappa shape index (κ3) is 6.19. The van der Waals surface area contributed by atoms with Gasteiger partial charge in [-0.25, -0.2) is 0 Å². The van der Waals surface area contributed by atoms with Crippen LogP contribution in [0.1, 0.15) is 72.1 Å². The second-order valence-electron chi connectivity index (χ2n) is 5.91. The largest absolute Gasteiger partial charge is 0.382 e. The maximum Gasteiger partial charge on any atom is 0.0466 e. The molecule has 1 N–H and O–H groups in total. The number of nitrogens with one attached hydrogen (secondary N) is 1. The molecule has 0 aromatic carbocycles. The van der Waals surface area contributed by atoms with Gasteiger partial charge in [-0.05, 0) is 50.9 Å². The number of hydrogen-bond donors (Lipinski definition) is 1. The average Bonchev–Trinajstić information content (AvgIpc) is 3.21. The zero-order chi connectivity index (χ0) is 13.3. The van der Waals surface area contributed by atoms with Crippen molar-refractivity contribution in [1.82, 2.24) is 5.32 Å². The van der Waals surface area contributed by atoms with E-state index in [0.717, 1.165) is 19.3 Å². The molecule has 2 heteroatoms. The summed E-state index contributed by atoms with van der Waals surface area (Å²) in [6, 6.07) is 0.837. The van der Waals surface area contributed by atoms with Crippen LogP contribution < -0.4 is 5.32 Å². The maximum absolute atomic E-state index is 5.50. The van der Waals surface area contributed by atoms with Gasteiger partial charge in [0.2, 0.25) is 0 Å². The van der Waals surface area contributed by atoms with Gasteiger partial charge in [-0.2, -0.15) is 0 Å². The molecule has 1 rings (SSSR count). The summed E-state index contributed by atoms with van der Waals surface area (Å²) in [6.07, 6.45) is 10.7. The van der Waals surface area contributed by atoms with Crippen LogP contribution in [0.5, 0.6) is 0 Å². The van der Waals surface area contributed by atoms with Gasteiger partial charge in [0, 0.05) is 25.8 Å². The van der Waals surface area contributed by atoms with E-state index in [1.165, 1.54) is 57.9 Å². The Morgan fingerprint density at radius 2 is 1.83 bits per heavy atom. The molecule has 0 amide bonds. The monoisotopic (exact) mass is 255 g/mol. The molecule has 0 aromatic heterocycles. The molecule has 18 heavy (non-hydrogen) atoms. The number of hydrogen-bond acceptors (Lipinski definition) is 2. The molecule has 1 unspecified atom stereocenters. The molecule has 1 atom stereocenters. The first-order valence-corrected chi connectivity index (χ1v) is 8.07. The minimum absolute atomic E-state index is 0.524. The highest BCUT2D eigenvalue weighted by Crippen LogP contribution is 2.34. The quantitative estimate of drug-likeness (QED) is 0.529. The molecule has 0 spiro atoms. The van der Waals surface area contributed by atoms with Crippen molar-refractivity contribution in [2.45, 2.75) is 78.2 Å². The lowest BCUT2D eigenvalue weighted by Gasteiger charge is -2.33. The van der Waals surface area contributed by atoms with Crippen molar-refractivity contribution in [3.05, 3.63) is 0 Å². The van der Waals surface area contributed by atoms with E-state index in [1.807, 2.05) is 0 Å². The van der Waals surface area contributed by atoms with E-state index in [9.17, 15) is 0 Å². The Morgan fingerprint density at radius 3 is 2.39 bits per heavy atom. The summed E-state index contributed by atoms with van der Waals surface area (Å²) in [6.45, 7) is 9.77. The zero-order valence-electron chi connectivity index (χ0n) is 12.8. The van der Waals surface area contributed by atoms with Crippen LogP contribution in [0.3, 0.4) is 0 Å². The molecule has 1 saturated carbocycles. The van der Waals surface area contributed by atoms with E-state index in [0.29, 0.717) is 5.41 Å². The normalized spacial score (nSPS) is 18.8. The lowest BCUT2D eigenvalue weighted by atomic mass is 9.76. The van der Waals surface area contributed by atoms with Gasteiger partial charge >= 0.3 is 0 Å². The van der Waals surface area contributed by atoms with E-state index in [2.05, 4.69) is 26.1 Å². The average molecular weight is 255 g/mol. The molecule has 1 fully saturated rings. The van der Waals surface area contributed by atoms with Crippen molar-refractivity contribution in [3.63, 3.8) is 0 Å². The Bertz CT molecular complexity index is 203. The van der Waals surface area contributed by atoms with Gasteiger partial charge in [-0.15, -0.1) is 0 Å². The van der Waals surface area contributed by atoms with Crippen LogP contribution in [0.2, 0.25) is 0 Å². The van der Waals surface area contributed by atoms with Crippen LogP contribution in [0.25, 0.3) is 0 Å². The van der Waals surface area contributed by atoms with Crippen LogP contribution in [0.15, 0.2) is 0 Å². The standard InChI is InChI=1S/C16H33NO/c1-4-7-11-16(5-2,12-8-13-18-6-3)14-17-15-9-10-15/h15,17H,4-14H2,1-3H3. The fourth-order valence-electron chi connectivity index (χ4n) is 2.67. The van der Waals surface area contributed by atoms with Gasteiger partial charge in [-0.3, -0.25) is 0 Å². The molecule has 0 heterocycles. The molecule has 1 aliphatic carbocycles. The molecule has 1 aliphatic rings. The van der Waals surface area contributed by atoms with Crippen molar-refractivity contribution < 1.29 is 4.74 Å². The Balaban J connectivity index is 2.34. The first-order chi connectivity index (χ1) is 8.76. The maximum atomic E-state index is 5.50. The summed E-state index contributed by atoms with van der Waals surface area (Å²) < 4.78 is 5.50. The molecule has 108 valence electrons. The third-order valence-electron chi connectivity index (χ3n) is 4.35. The van der Waals surface area contributed by atoms with Gasteiger partial charge in [0.1, 0.15) is 0 Å². The predicted molar refractivity (Wildman–Crippen MR) is 79.0 cm³/mol. The Morgan fingerprint density at radius 1 is 1.11 bits per heavy atom. The van der Waals surface area contributed by atoms with E-state index >= 15 is 0 Å². The lowest BCUT2D eigenvalue weighted by Crippen LogP contribution is -2.35. The summed E-state index contributed by atoms with van der Waals surface area (Å²) in [5.74, 6) is 0. The smallest absolute Gasteiger partial charge is 0.0466 e. The summed E-state index contributed by atoms with van der Waals surface area (Å²) in [7, 11) is 0. The summed E-state index contributed by atoms with van der Waals surface area (Å²) in [4.78, 5) is 0. The predicted octanol–water partition coefficient (Wildman–Crippen LogP) is 4.14. The van der Waals surface area contributed by atoms with Crippen LogP contribution in [0.4, 0.5) is 0 Å². The van der Waals surface area contributed by atoms with Crippen LogP contribution in [-0.4, -0.2) is 25.8 Å². The van der Waals surface area contributed by atoms with E-state index in [1.54, 1.807) is 0 Å². The number of unbranched alkanes of at least 4 members (excludes halogenated alkanes) is 1. The minimum Gasteiger partial charge on any atom is -0.382 e. The molecular weight excluding hydrogens is 222 g/mol. The summed E-state index contributed by atoms with van der Waals surface area (Å²) >= 11 is 0. The highest BCUT2D eigenvalue weighted by atomic mass is 16.5. The fourth-order valence-corrected chi connectivity index (χ4v) is 2.67. The first kappa shape index (κ1) is 16.0. The third-order valence-corrected chi connectivity index (χ3v) is 4.35. The van der Waals surface area contributed by atoms with Crippen molar-refractivity contribution in [2.24, 2.45) is 5.41 Å². The van der Waals surface area contributed by atoms with Crippen molar-refractivity contribution in [3.8, 4) is 0 Å². The molecule has 2 nitrogen and oxygen atoms in total. The summed E-state index contributed by atoms with van der Waals surface area (Å²) in [5, 5.41) is 3.76. The van der Waals surface area contributed by atoms with Crippen LogP contribution in [0, 0.1) is 5.41 Å². The van der Waals surface area contributed by atoms with Gasteiger partial charge in [0.15, 0.2) is 0 Å². The van der Waals surface area contributed by atoms with Crippen molar-refractivity contribution in [1.29, 1.82) is 0 Å². The lowest BCUT2D eigenvalue weighted by molar-refractivity contribution is 0.120. The molecule has 0 bridgehead atoms. The second-order valence-corrected chi connectivity index (χ2v) is 5.91. The Kier molecular flexibility index (Phi) is 7.92. The molecule has 0 aliphatic heterocycles. The first-order valence-electron chi connectivity index (χ1n) is 8.07. The van der Waals surface area contributed by atoms with Crippen molar-refractivity contribution in [2.75, 3.05) is 19.8 Å². The Hall–Kier alpha value is -0.0800. The highest BCUT2D eigenvalue weighted by Gasteiger charge is 2.30. The van der Waals surface area contributed by atoms with Gasteiger partial charge in [0.05, 0.1) is 0 Å². The van der Waals surface area contributed by atoms with E-state index in [-0.39, 0.29) is 0 Å². The minimum atomic E-state index is 0.524. The molecule has 0 radical (unpaired) electrons. The SMILES string of the molecule is CCCCC(CC)(CCCOCC)CNC1CC1. The van der Waals surface area contributed by atoms with E-state index < -0.39 is 0 Å². The number of ether oxygens (including phenoxy) is 1. The highest BCUT2D eigenvalue weighted by molar-refractivity contribution is 4.87. The number of rotatable bonds is 12. The topological polar surface area (TPSA) is 21.3 Å². The molecular formula is C16H33NO. The summed E-state index contributed by atoms with van der Waals surface area (Å²) in [5.41, 5.74) is 0.524. The fraction of sp³-hybridized carbons (Fsp3) is 1.00. The van der Waals surface area contributed by atoms with Crippen molar-refractivity contribution >= 4 is 0 Å². The van der Waals surface area contributed by atoms with Crippen LogP contribution in [-0.2, 0) is 4.74 Å². The molecule has 0 saturated heterocycles. The Labute approximate surface area is 114 Å². The van der Waals surface area contributed by atoms with Gasteiger partial charge in [-0.1, -0.05) is 26.7 Å². The van der Waals surface area contributed by atoms with Crippen LogP contribution >= 0.6 is 0 Å².